The van der Waals surface area contributed by atoms with Crippen LogP contribution < -0.4 is 9.84 Å². The van der Waals surface area contributed by atoms with E-state index in [1.54, 1.807) is 32.2 Å². The van der Waals surface area contributed by atoms with E-state index in [0.29, 0.717) is 10.7 Å². The molecule has 0 N–H and O–H groups in total. The fraction of sp³-hybridized carbons (Fsp3) is 0.267. The SMILES string of the molecule is CC[C@@H](C(=O)[O-])N1C(=O)/C(=C/c2ccccc2OC)SC1=S. The van der Waals surface area contributed by atoms with Crippen LogP contribution in [0.3, 0.4) is 0 Å². The third-order valence-electron chi connectivity index (χ3n) is 3.22. The Morgan fingerprint density at radius 1 is 1.50 bits per heavy atom. The van der Waals surface area contributed by atoms with Crippen LogP contribution in [0.4, 0.5) is 0 Å². The average Bonchev–Trinajstić information content (AvgIpc) is 2.76. The first-order valence-corrected chi connectivity index (χ1v) is 7.83. The van der Waals surface area contributed by atoms with Crippen LogP contribution in [0.2, 0.25) is 0 Å². The van der Waals surface area contributed by atoms with E-state index in [4.69, 9.17) is 17.0 Å². The highest BCUT2D eigenvalue weighted by molar-refractivity contribution is 8.26. The Bertz CT molecular complexity index is 657. The maximum atomic E-state index is 12.4. The summed E-state index contributed by atoms with van der Waals surface area (Å²) in [7, 11) is 1.54. The number of hydrogen-bond acceptors (Lipinski definition) is 6. The minimum atomic E-state index is -1.31. The van der Waals surface area contributed by atoms with Gasteiger partial charge in [-0.2, -0.15) is 0 Å². The second-order valence-corrected chi connectivity index (χ2v) is 6.21. The minimum absolute atomic E-state index is 0.224. The number of methoxy groups -OCH3 is 1. The highest BCUT2D eigenvalue weighted by atomic mass is 32.2. The molecule has 2 rings (SSSR count). The highest BCUT2D eigenvalue weighted by Gasteiger charge is 2.37. The van der Waals surface area contributed by atoms with E-state index < -0.39 is 17.9 Å². The molecule has 0 bridgehead atoms. The lowest BCUT2D eigenvalue weighted by Crippen LogP contribution is -2.49. The maximum absolute atomic E-state index is 12.4. The zero-order valence-electron chi connectivity index (χ0n) is 12.1. The molecule has 1 saturated heterocycles. The molecular weight excluding hydrogens is 322 g/mol. The molecular formula is C15H14NO4S2-. The number of thioether (sulfide) groups is 1. The summed E-state index contributed by atoms with van der Waals surface area (Å²) in [5.74, 6) is -1.10. The van der Waals surface area contributed by atoms with Crippen molar-refractivity contribution in [3.05, 3.63) is 34.7 Å². The van der Waals surface area contributed by atoms with E-state index in [1.807, 2.05) is 12.1 Å². The standard InChI is InChI=1S/C15H15NO4S2/c1-3-10(14(18)19)16-13(17)12(22-15(16)21)8-9-6-4-5-7-11(9)20-2/h4-8,10H,3H2,1-2H3,(H,18,19)/p-1/b12-8-/t10-/m0/s1. The van der Waals surface area contributed by atoms with Crippen LogP contribution >= 0.6 is 24.0 Å². The van der Waals surface area contributed by atoms with E-state index >= 15 is 0 Å². The number of aliphatic carboxylic acids is 1. The molecule has 1 heterocycles. The van der Waals surface area contributed by atoms with Crippen molar-refractivity contribution in [2.45, 2.75) is 19.4 Å². The van der Waals surface area contributed by atoms with Gasteiger partial charge in [-0.25, -0.2) is 0 Å². The third-order valence-corrected chi connectivity index (χ3v) is 4.55. The number of para-hydroxylation sites is 1. The van der Waals surface area contributed by atoms with E-state index in [2.05, 4.69) is 0 Å². The molecule has 0 radical (unpaired) electrons. The molecule has 0 saturated carbocycles. The Balaban J connectivity index is 2.35. The summed E-state index contributed by atoms with van der Waals surface area (Å²) in [6.07, 6.45) is 1.89. The summed E-state index contributed by atoms with van der Waals surface area (Å²) in [6, 6.07) is 6.19. The Hall–Kier alpha value is -1.86. The minimum Gasteiger partial charge on any atom is -0.548 e. The Morgan fingerprint density at radius 2 is 2.18 bits per heavy atom. The number of carboxylic acids is 1. The van der Waals surface area contributed by atoms with Gasteiger partial charge in [-0.05, 0) is 18.6 Å². The summed E-state index contributed by atoms with van der Waals surface area (Å²) < 4.78 is 5.46. The summed E-state index contributed by atoms with van der Waals surface area (Å²) in [4.78, 5) is 25.1. The number of thiocarbonyl (C=S) groups is 1. The van der Waals surface area contributed by atoms with Gasteiger partial charge >= 0.3 is 0 Å². The zero-order valence-corrected chi connectivity index (χ0v) is 13.7. The molecule has 5 nitrogen and oxygen atoms in total. The molecule has 0 spiro atoms. The predicted octanol–water partition coefficient (Wildman–Crippen LogP) is 1.42. The van der Waals surface area contributed by atoms with Gasteiger partial charge in [-0.15, -0.1) is 0 Å². The van der Waals surface area contributed by atoms with Gasteiger partial charge in [0, 0.05) is 5.56 Å². The van der Waals surface area contributed by atoms with Gasteiger partial charge < -0.3 is 14.6 Å². The van der Waals surface area contributed by atoms with E-state index in [1.165, 1.54) is 0 Å². The first-order valence-electron chi connectivity index (χ1n) is 6.60. The number of amides is 1. The second-order valence-electron chi connectivity index (χ2n) is 4.54. The van der Waals surface area contributed by atoms with Gasteiger partial charge in [0.05, 0.1) is 24.0 Å². The summed E-state index contributed by atoms with van der Waals surface area (Å²) in [6.45, 7) is 1.67. The summed E-state index contributed by atoms with van der Waals surface area (Å²) >= 11 is 6.22. The van der Waals surface area contributed by atoms with E-state index in [9.17, 15) is 14.7 Å². The van der Waals surface area contributed by atoms with Gasteiger partial charge in [0.25, 0.3) is 5.91 Å². The van der Waals surface area contributed by atoms with Gasteiger partial charge in [-0.3, -0.25) is 9.69 Å². The molecule has 116 valence electrons. The molecule has 0 unspecified atom stereocenters. The van der Waals surface area contributed by atoms with Crippen molar-refractivity contribution in [2.24, 2.45) is 0 Å². The molecule has 0 aliphatic carbocycles. The van der Waals surface area contributed by atoms with Gasteiger partial charge in [-0.1, -0.05) is 49.1 Å². The van der Waals surface area contributed by atoms with Crippen molar-refractivity contribution in [2.75, 3.05) is 7.11 Å². The number of carbonyl (C=O) groups is 2. The van der Waals surface area contributed by atoms with Crippen molar-refractivity contribution in [1.29, 1.82) is 0 Å². The fourth-order valence-electron chi connectivity index (χ4n) is 2.13. The number of benzene rings is 1. The van der Waals surface area contributed by atoms with E-state index in [-0.39, 0.29) is 10.7 Å². The van der Waals surface area contributed by atoms with Crippen molar-refractivity contribution in [3.8, 4) is 5.75 Å². The van der Waals surface area contributed by atoms with Crippen LogP contribution in [-0.4, -0.2) is 34.2 Å². The maximum Gasteiger partial charge on any atom is 0.266 e. The molecule has 1 aromatic rings. The number of rotatable bonds is 5. The lowest BCUT2D eigenvalue weighted by molar-refractivity contribution is -0.310. The molecule has 1 aliphatic heterocycles. The lowest BCUT2D eigenvalue weighted by Gasteiger charge is -2.26. The topological polar surface area (TPSA) is 69.7 Å². The number of ether oxygens (including phenoxy) is 1. The number of nitrogens with zero attached hydrogens (tertiary/aromatic N) is 1. The van der Waals surface area contributed by atoms with Crippen LogP contribution in [0.25, 0.3) is 6.08 Å². The average molecular weight is 336 g/mol. The molecule has 1 aliphatic rings. The lowest BCUT2D eigenvalue weighted by atomic mass is 10.1. The molecule has 1 atom stereocenters. The van der Waals surface area contributed by atoms with Crippen LogP contribution in [0, 0.1) is 0 Å². The smallest absolute Gasteiger partial charge is 0.266 e. The van der Waals surface area contributed by atoms with Gasteiger partial charge in [0.1, 0.15) is 10.1 Å². The summed E-state index contributed by atoms with van der Waals surface area (Å²) in [5, 5.41) is 11.2. The second kappa shape index (κ2) is 6.93. The van der Waals surface area contributed by atoms with Crippen molar-refractivity contribution >= 4 is 46.3 Å². The monoisotopic (exact) mass is 336 g/mol. The van der Waals surface area contributed by atoms with Gasteiger partial charge in [0.15, 0.2) is 0 Å². The molecule has 1 fully saturated rings. The summed E-state index contributed by atoms with van der Waals surface area (Å²) in [5.41, 5.74) is 0.729. The molecule has 22 heavy (non-hydrogen) atoms. The van der Waals surface area contributed by atoms with Crippen molar-refractivity contribution < 1.29 is 19.4 Å². The number of carboxylic acid groups (broad SMARTS) is 1. The molecule has 0 aromatic heterocycles. The predicted molar refractivity (Wildman–Crippen MR) is 87.1 cm³/mol. The Morgan fingerprint density at radius 3 is 2.77 bits per heavy atom. The van der Waals surface area contributed by atoms with Crippen molar-refractivity contribution in [1.82, 2.24) is 4.90 Å². The molecule has 1 amide bonds. The van der Waals surface area contributed by atoms with Gasteiger partial charge in [0.2, 0.25) is 0 Å². The Kier molecular flexibility index (Phi) is 5.20. The number of carbonyl (C=O) groups excluding carboxylic acids is 2. The van der Waals surface area contributed by atoms with Crippen LogP contribution in [0.5, 0.6) is 5.75 Å². The number of hydrogen-bond donors (Lipinski definition) is 0. The first kappa shape index (κ1) is 16.5. The molecule has 1 aromatic carbocycles. The highest BCUT2D eigenvalue weighted by Crippen LogP contribution is 2.35. The zero-order chi connectivity index (χ0) is 16.3. The Labute approximate surface area is 137 Å². The third kappa shape index (κ3) is 3.15. The molecule has 7 heteroatoms. The van der Waals surface area contributed by atoms with Crippen molar-refractivity contribution in [3.63, 3.8) is 0 Å². The quantitative estimate of drug-likeness (QED) is 0.598. The van der Waals surface area contributed by atoms with Crippen LogP contribution in [-0.2, 0) is 9.59 Å². The van der Waals surface area contributed by atoms with Crippen LogP contribution in [0.1, 0.15) is 18.9 Å². The van der Waals surface area contributed by atoms with Crippen LogP contribution in [0.15, 0.2) is 29.2 Å². The van der Waals surface area contributed by atoms with E-state index in [0.717, 1.165) is 22.2 Å². The normalized spacial score (nSPS) is 17.9. The first-order chi connectivity index (χ1) is 10.5. The largest absolute Gasteiger partial charge is 0.548 e. The fourth-order valence-corrected chi connectivity index (χ4v) is 3.48.